The van der Waals surface area contributed by atoms with Gasteiger partial charge in [0, 0.05) is 37.9 Å². The van der Waals surface area contributed by atoms with E-state index in [0.717, 1.165) is 25.9 Å². The number of nitrogens with zero attached hydrogens (tertiary/aromatic N) is 2. The fraction of sp³-hybridized carbons (Fsp3) is 1.00. The standard InChI is InChI=1S/C15H31Cl2N2O2P/c1-3-4-5-6-7-11-18-12-8-15(2)21-22(18,20)19(13-9-16)14-10-17/h15H,3-14H2,1-2H3. The van der Waals surface area contributed by atoms with Gasteiger partial charge in [0.25, 0.3) is 0 Å². The van der Waals surface area contributed by atoms with Gasteiger partial charge in [-0.3, -0.25) is 4.57 Å². The molecule has 1 heterocycles. The Hall–Kier alpha value is 0.690. The van der Waals surface area contributed by atoms with Gasteiger partial charge in [-0.05, 0) is 19.8 Å². The Morgan fingerprint density at radius 3 is 2.41 bits per heavy atom. The smallest absolute Gasteiger partial charge is 0.303 e. The van der Waals surface area contributed by atoms with Crippen molar-refractivity contribution >= 4 is 30.9 Å². The lowest BCUT2D eigenvalue weighted by molar-refractivity contribution is 0.111. The van der Waals surface area contributed by atoms with Gasteiger partial charge in [0.1, 0.15) is 0 Å². The van der Waals surface area contributed by atoms with Crippen molar-refractivity contribution in [3.05, 3.63) is 0 Å². The lowest BCUT2D eigenvalue weighted by Crippen LogP contribution is -2.41. The van der Waals surface area contributed by atoms with Crippen molar-refractivity contribution in [1.29, 1.82) is 0 Å². The summed E-state index contributed by atoms with van der Waals surface area (Å²) in [6.45, 7) is 6.95. The van der Waals surface area contributed by atoms with E-state index in [0.29, 0.717) is 24.8 Å². The van der Waals surface area contributed by atoms with Crippen molar-refractivity contribution in [2.75, 3.05) is 37.9 Å². The molecule has 0 spiro atoms. The summed E-state index contributed by atoms with van der Waals surface area (Å²) in [7, 11) is -2.98. The number of halogens is 2. The van der Waals surface area contributed by atoms with Crippen LogP contribution in [0.1, 0.15) is 52.4 Å². The van der Waals surface area contributed by atoms with Gasteiger partial charge in [-0.1, -0.05) is 32.6 Å². The lowest BCUT2D eigenvalue weighted by Gasteiger charge is -2.43. The van der Waals surface area contributed by atoms with Crippen molar-refractivity contribution in [3.8, 4) is 0 Å². The van der Waals surface area contributed by atoms with Crippen LogP contribution in [0.25, 0.3) is 0 Å². The zero-order valence-electron chi connectivity index (χ0n) is 14.0. The van der Waals surface area contributed by atoms with Crippen LogP contribution in [0.15, 0.2) is 0 Å². The molecule has 7 heteroatoms. The molecule has 0 aromatic carbocycles. The second-order valence-corrected chi connectivity index (χ2v) is 8.97. The quantitative estimate of drug-likeness (QED) is 0.291. The fourth-order valence-electron chi connectivity index (χ4n) is 2.75. The number of rotatable bonds is 11. The van der Waals surface area contributed by atoms with E-state index >= 15 is 0 Å². The molecule has 2 unspecified atom stereocenters. The zero-order valence-corrected chi connectivity index (χ0v) is 16.4. The first-order valence-corrected chi connectivity index (χ1v) is 11.1. The van der Waals surface area contributed by atoms with Crippen LogP contribution in [0.5, 0.6) is 0 Å². The van der Waals surface area contributed by atoms with Gasteiger partial charge in [0.15, 0.2) is 0 Å². The predicted octanol–water partition coefficient (Wildman–Crippen LogP) is 4.96. The number of hydrogen-bond acceptors (Lipinski definition) is 2. The highest BCUT2D eigenvalue weighted by molar-refractivity contribution is 7.54. The molecule has 1 aliphatic heterocycles. The summed E-state index contributed by atoms with van der Waals surface area (Å²) in [5, 5.41) is 0. The van der Waals surface area contributed by atoms with Gasteiger partial charge in [-0.25, -0.2) is 9.34 Å². The number of unbranched alkanes of at least 4 members (excludes halogenated alkanes) is 4. The lowest BCUT2D eigenvalue weighted by atomic mass is 10.1. The summed E-state index contributed by atoms with van der Waals surface area (Å²) in [6.07, 6.45) is 6.96. The number of alkyl halides is 2. The molecular weight excluding hydrogens is 342 g/mol. The maximum absolute atomic E-state index is 13.5. The van der Waals surface area contributed by atoms with Gasteiger partial charge in [0.2, 0.25) is 0 Å². The van der Waals surface area contributed by atoms with Crippen LogP contribution in [0, 0.1) is 0 Å². The summed E-state index contributed by atoms with van der Waals surface area (Å²) in [5.41, 5.74) is 0. The molecule has 0 aromatic rings. The van der Waals surface area contributed by atoms with Gasteiger partial charge in [0.05, 0.1) is 6.10 Å². The molecule has 0 aromatic heterocycles. The summed E-state index contributed by atoms with van der Waals surface area (Å²) >= 11 is 11.8. The normalized spacial score (nSPS) is 26.7. The third-order valence-electron chi connectivity index (χ3n) is 4.03. The molecule has 1 fully saturated rings. The first kappa shape index (κ1) is 20.7. The molecule has 0 saturated carbocycles. The second-order valence-electron chi connectivity index (χ2n) is 5.89. The fourth-order valence-corrected chi connectivity index (χ4v) is 6.06. The molecule has 132 valence electrons. The summed E-state index contributed by atoms with van der Waals surface area (Å²) < 4.78 is 23.3. The summed E-state index contributed by atoms with van der Waals surface area (Å²) in [5.74, 6) is 0.867. The average Bonchev–Trinajstić information content (AvgIpc) is 2.49. The molecule has 4 nitrogen and oxygen atoms in total. The molecule has 2 atom stereocenters. The Morgan fingerprint density at radius 2 is 1.82 bits per heavy atom. The molecule has 22 heavy (non-hydrogen) atoms. The zero-order chi connectivity index (χ0) is 16.4. The van der Waals surface area contributed by atoms with Crippen LogP contribution in [0.4, 0.5) is 0 Å². The molecule has 0 bridgehead atoms. The van der Waals surface area contributed by atoms with E-state index in [4.69, 9.17) is 27.7 Å². The van der Waals surface area contributed by atoms with Crippen LogP contribution >= 0.6 is 30.9 Å². The molecule has 0 aliphatic carbocycles. The second kappa shape index (κ2) is 11.3. The third kappa shape index (κ3) is 6.30. The predicted molar refractivity (Wildman–Crippen MR) is 96.1 cm³/mol. The Morgan fingerprint density at radius 1 is 1.18 bits per heavy atom. The van der Waals surface area contributed by atoms with E-state index in [9.17, 15) is 4.57 Å². The Balaban J connectivity index is 2.67. The van der Waals surface area contributed by atoms with E-state index in [1.54, 1.807) is 0 Å². The van der Waals surface area contributed by atoms with Crippen molar-refractivity contribution in [3.63, 3.8) is 0 Å². The molecule has 1 saturated heterocycles. The van der Waals surface area contributed by atoms with E-state index in [2.05, 4.69) is 6.92 Å². The molecule has 0 radical (unpaired) electrons. The molecule has 0 amide bonds. The summed E-state index contributed by atoms with van der Waals surface area (Å²) in [6, 6.07) is 0. The van der Waals surface area contributed by atoms with Crippen LogP contribution in [0.3, 0.4) is 0 Å². The number of hydrogen-bond donors (Lipinski definition) is 0. The first-order valence-electron chi connectivity index (χ1n) is 8.49. The van der Waals surface area contributed by atoms with Gasteiger partial charge in [-0.15, -0.1) is 23.2 Å². The van der Waals surface area contributed by atoms with Crippen molar-refractivity contribution in [2.45, 2.75) is 58.5 Å². The molecule has 1 aliphatic rings. The van der Waals surface area contributed by atoms with Gasteiger partial charge in [-0.2, -0.15) is 0 Å². The largest absolute Gasteiger partial charge is 0.346 e. The minimum atomic E-state index is -2.98. The van der Waals surface area contributed by atoms with Crippen LogP contribution in [-0.4, -0.2) is 53.4 Å². The van der Waals surface area contributed by atoms with Crippen LogP contribution < -0.4 is 0 Å². The Labute approximate surface area is 146 Å². The Kier molecular flexibility index (Phi) is 10.6. The van der Waals surface area contributed by atoms with Gasteiger partial charge < -0.3 is 4.52 Å². The maximum atomic E-state index is 13.5. The molecular formula is C15H31Cl2N2O2P. The minimum Gasteiger partial charge on any atom is -0.303 e. The highest BCUT2D eigenvalue weighted by atomic mass is 35.5. The maximum Gasteiger partial charge on any atom is 0.346 e. The summed E-state index contributed by atoms with van der Waals surface area (Å²) in [4.78, 5) is 0. The van der Waals surface area contributed by atoms with E-state index in [-0.39, 0.29) is 6.10 Å². The van der Waals surface area contributed by atoms with E-state index in [1.165, 1.54) is 25.7 Å². The molecule has 1 rings (SSSR count). The van der Waals surface area contributed by atoms with Crippen molar-refractivity contribution in [1.82, 2.24) is 9.34 Å². The third-order valence-corrected chi connectivity index (χ3v) is 7.23. The van der Waals surface area contributed by atoms with Crippen LogP contribution in [0.2, 0.25) is 0 Å². The van der Waals surface area contributed by atoms with Crippen LogP contribution in [-0.2, 0) is 9.09 Å². The van der Waals surface area contributed by atoms with E-state index < -0.39 is 7.67 Å². The highest BCUT2D eigenvalue weighted by Crippen LogP contribution is 2.57. The van der Waals surface area contributed by atoms with Crippen molar-refractivity contribution < 1.29 is 9.09 Å². The van der Waals surface area contributed by atoms with E-state index in [1.807, 2.05) is 16.3 Å². The topological polar surface area (TPSA) is 32.8 Å². The van der Waals surface area contributed by atoms with Gasteiger partial charge >= 0.3 is 7.67 Å². The Bertz CT molecular complexity index is 342. The average molecular weight is 373 g/mol. The molecule has 0 N–H and O–H groups in total. The first-order chi connectivity index (χ1) is 10.6. The monoisotopic (exact) mass is 372 g/mol. The highest BCUT2D eigenvalue weighted by Gasteiger charge is 2.42. The minimum absolute atomic E-state index is 0.0234. The van der Waals surface area contributed by atoms with Crippen molar-refractivity contribution in [2.24, 2.45) is 0 Å². The SMILES string of the molecule is CCCCCCCN1CCC(C)OP1(=O)N(CCCl)CCCl.